The Hall–Kier alpha value is -0.530. The Balaban J connectivity index is 2.12. The lowest BCUT2D eigenvalue weighted by atomic mass is 9.50. The van der Waals surface area contributed by atoms with E-state index in [1.54, 1.807) is 0 Å². The first-order valence-corrected chi connectivity index (χ1v) is 5.18. The van der Waals surface area contributed by atoms with E-state index < -0.39 is 5.97 Å². The van der Waals surface area contributed by atoms with Gasteiger partial charge >= 0.3 is 5.97 Å². The molecule has 2 fully saturated rings. The van der Waals surface area contributed by atoms with Crippen LogP contribution in [0.1, 0.15) is 46.0 Å². The van der Waals surface area contributed by atoms with Gasteiger partial charge in [-0.3, -0.25) is 4.79 Å². The summed E-state index contributed by atoms with van der Waals surface area (Å²) in [4.78, 5) is 11.0. The second kappa shape index (κ2) is 2.49. The molecular weight excluding hydrogens is 164 g/mol. The lowest BCUT2D eigenvalue weighted by Crippen LogP contribution is -2.47. The summed E-state index contributed by atoms with van der Waals surface area (Å²) < 4.78 is 0. The first kappa shape index (κ1) is 9.04. The van der Waals surface area contributed by atoms with Gasteiger partial charge in [0, 0.05) is 0 Å². The van der Waals surface area contributed by atoms with E-state index in [0.29, 0.717) is 5.41 Å². The molecule has 1 spiro atoms. The quantitative estimate of drug-likeness (QED) is 0.677. The van der Waals surface area contributed by atoms with E-state index in [1.165, 1.54) is 0 Å². The molecule has 0 aromatic rings. The minimum Gasteiger partial charge on any atom is -0.481 e. The van der Waals surface area contributed by atoms with Crippen LogP contribution < -0.4 is 0 Å². The van der Waals surface area contributed by atoms with E-state index in [-0.39, 0.29) is 11.3 Å². The van der Waals surface area contributed by atoms with Crippen LogP contribution in [0.15, 0.2) is 0 Å². The Bertz CT molecular complexity index is 234. The Kier molecular flexibility index (Phi) is 1.73. The van der Waals surface area contributed by atoms with Gasteiger partial charge in [0.05, 0.1) is 5.92 Å². The highest BCUT2D eigenvalue weighted by atomic mass is 16.4. The number of hydrogen-bond donors (Lipinski definition) is 1. The molecular formula is C11H18O2. The SMILES string of the molecule is CC1(C)CC2(CCCC2C(=O)O)C1. The van der Waals surface area contributed by atoms with Gasteiger partial charge < -0.3 is 5.11 Å². The second-order valence-corrected chi connectivity index (χ2v) is 5.66. The second-order valence-electron chi connectivity index (χ2n) is 5.66. The van der Waals surface area contributed by atoms with Crippen molar-refractivity contribution in [1.82, 2.24) is 0 Å². The van der Waals surface area contributed by atoms with Crippen molar-refractivity contribution in [2.45, 2.75) is 46.0 Å². The van der Waals surface area contributed by atoms with Crippen molar-refractivity contribution in [2.75, 3.05) is 0 Å². The highest BCUT2D eigenvalue weighted by Gasteiger charge is 2.57. The monoisotopic (exact) mass is 182 g/mol. The minimum atomic E-state index is -0.562. The molecule has 0 bridgehead atoms. The smallest absolute Gasteiger partial charge is 0.307 e. The number of rotatable bonds is 1. The molecule has 1 atom stereocenters. The zero-order chi connectivity index (χ0) is 9.69. The number of carbonyl (C=O) groups is 1. The van der Waals surface area contributed by atoms with Crippen molar-refractivity contribution >= 4 is 5.97 Å². The third kappa shape index (κ3) is 1.27. The van der Waals surface area contributed by atoms with Gasteiger partial charge in [0.15, 0.2) is 0 Å². The van der Waals surface area contributed by atoms with Crippen LogP contribution in [0.2, 0.25) is 0 Å². The van der Waals surface area contributed by atoms with Crippen molar-refractivity contribution in [3.63, 3.8) is 0 Å². The lowest BCUT2D eigenvalue weighted by molar-refractivity contribution is -0.153. The molecule has 1 N–H and O–H groups in total. The van der Waals surface area contributed by atoms with Crippen LogP contribution in [0, 0.1) is 16.7 Å². The first-order chi connectivity index (χ1) is 5.95. The molecule has 1 unspecified atom stereocenters. The zero-order valence-electron chi connectivity index (χ0n) is 8.47. The van der Waals surface area contributed by atoms with Crippen molar-refractivity contribution in [3.05, 3.63) is 0 Å². The van der Waals surface area contributed by atoms with Gasteiger partial charge in [-0.25, -0.2) is 0 Å². The van der Waals surface area contributed by atoms with Crippen LogP contribution in [-0.4, -0.2) is 11.1 Å². The van der Waals surface area contributed by atoms with Crippen LogP contribution in [0.5, 0.6) is 0 Å². The molecule has 2 nitrogen and oxygen atoms in total. The van der Waals surface area contributed by atoms with Crippen molar-refractivity contribution in [3.8, 4) is 0 Å². The summed E-state index contributed by atoms with van der Waals surface area (Å²) in [5.41, 5.74) is 0.591. The summed E-state index contributed by atoms with van der Waals surface area (Å²) in [5, 5.41) is 9.08. The van der Waals surface area contributed by atoms with Crippen LogP contribution in [0.4, 0.5) is 0 Å². The normalized spacial score (nSPS) is 34.5. The van der Waals surface area contributed by atoms with E-state index >= 15 is 0 Å². The Morgan fingerprint density at radius 2 is 2.00 bits per heavy atom. The Morgan fingerprint density at radius 1 is 1.38 bits per heavy atom. The third-order valence-electron chi connectivity index (χ3n) is 3.87. The molecule has 0 heterocycles. The number of aliphatic carboxylic acids is 1. The van der Waals surface area contributed by atoms with E-state index in [2.05, 4.69) is 13.8 Å². The maximum Gasteiger partial charge on any atom is 0.307 e. The van der Waals surface area contributed by atoms with Crippen LogP contribution >= 0.6 is 0 Å². The van der Waals surface area contributed by atoms with Gasteiger partial charge in [-0.05, 0) is 36.5 Å². The minimum absolute atomic E-state index is 0.0412. The fourth-order valence-corrected chi connectivity index (χ4v) is 3.80. The fourth-order valence-electron chi connectivity index (χ4n) is 3.80. The van der Waals surface area contributed by atoms with E-state index in [0.717, 1.165) is 32.1 Å². The van der Waals surface area contributed by atoms with Gasteiger partial charge in [-0.1, -0.05) is 20.3 Å². The van der Waals surface area contributed by atoms with Crippen LogP contribution in [0.25, 0.3) is 0 Å². The highest BCUT2D eigenvalue weighted by Crippen LogP contribution is 2.64. The van der Waals surface area contributed by atoms with E-state index in [4.69, 9.17) is 5.11 Å². The molecule has 0 aliphatic heterocycles. The zero-order valence-corrected chi connectivity index (χ0v) is 8.47. The molecule has 0 amide bonds. The highest BCUT2D eigenvalue weighted by molar-refractivity contribution is 5.71. The average Bonchev–Trinajstić information content (AvgIpc) is 2.28. The predicted octanol–water partition coefficient (Wildman–Crippen LogP) is 2.68. The van der Waals surface area contributed by atoms with Crippen molar-refractivity contribution < 1.29 is 9.90 Å². The third-order valence-corrected chi connectivity index (χ3v) is 3.87. The fraction of sp³-hybridized carbons (Fsp3) is 0.909. The standard InChI is InChI=1S/C11H18O2/c1-10(2)6-11(7-10)5-3-4-8(11)9(12)13/h8H,3-7H2,1-2H3,(H,12,13). The van der Waals surface area contributed by atoms with Gasteiger partial charge in [-0.2, -0.15) is 0 Å². The lowest BCUT2D eigenvalue weighted by Gasteiger charge is -2.53. The Labute approximate surface area is 79.3 Å². The van der Waals surface area contributed by atoms with Gasteiger partial charge in [0.25, 0.3) is 0 Å². The summed E-state index contributed by atoms with van der Waals surface area (Å²) >= 11 is 0. The number of carboxylic acids is 1. The Morgan fingerprint density at radius 3 is 2.46 bits per heavy atom. The summed E-state index contributed by atoms with van der Waals surface area (Å²) in [7, 11) is 0. The molecule has 2 aliphatic rings. The molecule has 2 rings (SSSR count). The predicted molar refractivity (Wildman–Crippen MR) is 50.4 cm³/mol. The van der Waals surface area contributed by atoms with Crippen LogP contribution in [-0.2, 0) is 4.79 Å². The maximum absolute atomic E-state index is 11.0. The molecule has 0 saturated heterocycles. The van der Waals surface area contributed by atoms with E-state index in [9.17, 15) is 4.79 Å². The maximum atomic E-state index is 11.0. The van der Waals surface area contributed by atoms with Crippen LogP contribution in [0.3, 0.4) is 0 Å². The summed E-state index contributed by atoms with van der Waals surface area (Å²) in [6.45, 7) is 4.49. The largest absolute Gasteiger partial charge is 0.481 e. The molecule has 74 valence electrons. The number of carboxylic acid groups (broad SMARTS) is 1. The topological polar surface area (TPSA) is 37.3 Å². The molecule has 0 aromatic heterocycles. The van der Waals surface area contributed by atoms with Gasteiger partial charge in [0.2, 0.25) is 0 Å². The average molecular weight is 182 g/mol. The molecule has 2 heteroatoms. The van der Waals surface area contributed by atoms with Gasteiger partial charge in [-0.15, -0.1) is 0 Å². The molecule has 2 aliphatic carbocycles. The van der Waals surface area contributed by atoms with E-state index in [1.807, 2.05) is 0 Å². The summed E-state index contributed by atoms with van der Waals surface area (Å²) in [6.07, 6.45) is 5.42. The van der Waals surface area contributed by atoms with Crippen molar-refractivity contribution in [1.29, 1.82) is 0 Å². The first-order valence-electron chi connectivity index (χ1n) is 5.18. The van der Waals surface area contributed by atoms with Crippen molar-refractivity contribution in [2.24, 2.45) is 16.7 Å². The summed E-state index contributed by atoms with van der Waals surface area (Å²) in [5.74, 6) is -0.603. The van der Waals surface area contributed by atoms with Gasteiger partial charge in [0.1, 0.15) is 0 Å². The molecule has 0 aromatic carbocycles. The molecule has 0 radical (unpaired) electrons. The number of hydrogen-bond acceptors (Lipinski definition) is 1. The summed E-state index contributed by atoms with van der Waals surface area (Å²) in [6, 6.07) is 0. The molecule has 2 saturated carbocycles. The molecule has 13 heavy (non-hydrogen) atoms.